The summed E-state index contributed by atoms with van der Waals surface area (Å²) in [5.74, 6) is 0.0439. The Morgan fingerprint density at radius 2 is 2.06 bits per heavy atom. The van der Waals surface area contributed by atoms with Crippen LogP contribution in [0.15, 0.2) is 29.4 Å². The maximum absolute atomic E-state index is 12.1. The fourth-order valence-corrected chi connectivity index (χ4v) is 2.07. The van der Waals surface area contributed by atoms with Crippen LogP contribution in [0, 0.1) is 4.91 Å². The Morgan fingerprint density at radius 3 is 2.56 bits per heavy atom. The van der Waals surface area contributed by atoms with Crippen molar-refractivity contribution in [1.29, 1.82) is 0 Å². The van der Waals surface area contributed by atoms with Gasteiger partial charge in [0.25, 0.3) is 5.91 Å². The summed E-state index contributed by atoms with van der Waals surface area (Å²) in [7, 11) is 0. The maximum atomic E-state index is 12.1. The summed E-state index contributed by atoms with van der Waals surface area (Å²) in [6.07, 6.45) is 2.14. The van der Waals surface area contributed by atoms with Crippen LogP contribution in [0.3, 0.4) is 0 Å². The van der Waals surface area contributed by atoms with Crippen molar-refractivity contribution in [1.82, 2.24) is 4.90 Å². The molecule has 0 spiro atoms. The lowest BCUT2D eigenvalue weighted by Gasteiger charge is -2.21. The van der Waals surface area contributed by atoms with E-state index in [1.165, 1.54) is 0 Å². The molecule has 1 aliphatic rings. The minimum atomic E-state index is 0.0439. The SMILES string of the molecule is CC1CCCN1C(=O)c1ccc(N=O)cc1. The van der Waals surface area contributed by atoms with Crippen LogP contribution in [-0.4, -0.2) is 23.4 Å². The van der Waals surface area contributed by atoms with Crippen LogP contribution in [0.2, 0.25) is 0 Å². The molecule has 4 heteroatoms. The zero-order valence-electron chi connectivity index (χ0n) is 9.22. The number of carbonyl (C=O) groups excluding carboxylic acids is 1. The number of hydrogen-bond acceptors (Lipinski definition) is 3. The Balaban J connectivity index is 2.17. The molecule has 1 amide bonds. The van der Waals surface area contributed by atoms with E-state index in [-0.39, 0.29) is 5.91 Å². The van der Waals surface area contributed by atoms with Gasteiger partial charge in [-0.25, -0.2) is 0 Å². The van der Waals surface area contributed by atoms with Gasteiger partial charge in [0.15, 0.2) is 0 Å². The molecule has 0 bridgehead atoms. The molecule has 1 aromatic rings. The van der Waals surface area contributed by atoms with Gasteiger partial charge < -0.3 is 4.90 Å². The average Bonchev–Trinajstić information content (AvgIpc) is 2.75. The Hall–Kier alpha value is -1.71. The first-order chi connectivity index (χ1) is 7.72. The second-order valence-corrected chi connectivity index (χ2v) is 4.13. The Labute approximate surface area is 94.2 Å². The summed E-state index contributed by atoms with van der Waals surface area (Å²) in [5.41, 5.74) is 0.979. The van der Waals surface area contributed by atoms with Crippen molar-refractivity contribution < 1.29 is 4.79 Å². The molecule has 0 saturated carbocycles. The minimum absolute atomic E-state index is 0.0439. The highest BCUT2D eigenvalue weighted by Crippen LogP contribution is 2.20. The molecule has 1 saturated heterocycles. The third kappa shape index (κ3) is 1.96. The van der Waals surface area contributed by atoms with E-state index in [9.17, 15) is 9.70 Å². The molecule has 4 nitrogen and oxygen atoms in total. The fourth-order valence-electron chi connectivity index (χ4n) is 2.07. The van der Waals surface area contributed by atoms with Crippen LogP contribution >= 0.6 is 0 Å². The summed E-state index contributed by atoms with van der Waals surface area (Å²) >= 11 is 0. The van der Waals surface area contributed by atoms with E-state index in [0.717, 1.165) is 19.4 Å². The molecule has 1 unspecified atom stereocenters. The van der Waals surface area contributed by atoms with Crippen LogP contribution in [0.25, 0.3) is 0 Å². The zero-order chi connectivity index (χ0) is 11.5. The van der Waals surface area contributed by atoms with Crippen molar-refractivity contribution >= 4 is 11.6 Å². The zero-order valence-corrected chi connectivity index (χ0v) is 9.22. The standard InChI is InChI=1S/C12H14N2O2/c1-9-3-2-8-14(9)12(15)10-4-6-11(13-16)7-5-10/h4-7,9H,2-3,8H2,1H3. The van der Waals surface area contributed by atoms with Crippen molar-refractivity contribution in [3.63, 3.8) is 0 Å². The predicted octanol–water partition coefficient (Wildman–Crippen LogP) is 2.71. The quantitative estimate of drug-likeness (QED) is 0.716. The van der Waals surface area contributed by atoms with E-state index in [1.807, 2.05) is 4.90 Å². The molecule has 0 N–H and O–H groups in total. The first-order valence-corrected chi connectivity index (χ1v) is 5.47. The van der Waals surface area contributed by atoms with Gasteiger partial charge in [-0.2, -0.15) is 0 Å². The smallest absolute Gasteiger partial charge is 0.254 e. The van der Waals surface area contributed by atoms with Crippen molar-refractivity contribution in [3.05, 3.63) is 34.7 Å². The van der Waals surface area contributed by atoms with Crippen LogP contribution in [0.5, 0.6) is 0 Å². The van der Waals surface area contributed by atoms with Crippen molar-refractivity contribution in [2.45, 2.75) is 25.8 Å². The molecule has 1 atom stereocenters. The normalized spacial score (nSPS) is 19.8. The largest absolute Gasteiger partial charge is 0.336 e. The Bertz CT molecular complexity index is 400. The molecule has 16 heavy (non-hydrogen) atoms. The first kappa shape index (κ1) is 10.8. The maximum Gasteiger partial charge on any atom is 0.254 e. The molecule has 1 aliphatic heterocycles. The molecule has 1 heterocycles. The lowest BCUT2D eigenvalue weighted by molar-refractivity contribution is 0.0747. The number of carbonyl (C=O) groups is 1. The van der Waals surface area contributed by atoms with Gasteiger partial charge in [-0.15, -0.1) is 4.91 Å². The van der Waals surface area contributed by atoms with Crippen LogP contribution in [0.4, 0.5) is 5.69 Å². The highest BCUT2D eigenvalue weighted by Gasteiger charge is 2.25. The number of hydrogen-bond donors (Lipinski definition) is 0. The van der Waals surface area contributed by atoms with Gasteiger partial charge in [0.1, 0.15) is 5.69 Å². The molecule has 2 rings (SSSR count). The summed E-state index contributed by atoms with van der Waals surface area (Å²) in [4.78, 5) is 24.2. The number of benzene rings is 1. The third-order valence-electron chi connectivity index (χ3n) is 3.03. The van der Waals surface area contributed by atoms with Crippen molar-refractivity contribution in [2.24, 2.45) is 5.18 Å². The number of amides is 1. The highest BCUT2D eigenvalue weighted by atomic mass is 16.3. The molecule has 1 aromatic carbocycles. The predicted molar refractivity (Wildman–Crippen MR) is 61.6 cm³/mol. The van der Waals surface area contributed by atoms with E-state index in [2.05, 4.69) is 12.1 Å². The van der Waals surface area contributed by atoms with E-state index >= 15 is 0 Å². The van der Waals surface area contributed by atoms with E-state index < -0.39 is 0 Å². The first-order valence-electron chi connectivity index (χ1n) is 5.47. The number of nitroso groups, excluding NO2 is 1. The topological polar surface area (TPSA) is 49.7 Å². The van der Waals surface area contributed by atoms with Gasteiger partial charge in [-0.05, 0) is 49.2 Å². The molecular weight excluding hydrogens is 204 g/mol. The third-order valence-corrected chi connectivity index (χ3v) is 3.03. The summed E-state index contributed by atoms with van der Waals surface area (Å²) in [5, 5.41) is 2.81. The molecule has 1 fully saturated rings. The number of nitrogens with zero attached hydrogens (tertiary/aromatic N) is 2. The molecular formula is C12H14N2O2. The van der Waals surface area contributed by atoms with Gasteiger partial charge in [0.2, 0.25) is 0 Å². The summed E-state index contributed by atoms with van der Waals surface area (Å²) < 4.78 is 0. The highest BCUT2D eigenvalue weighted by molar-refractivity contribution is 5.94. The van der Waals surface area contributed by atoms with Gasteiger partial charge >= 0.3 is 0 Å². The van der Waals surface area contributed by atoms with Crippen LogP contribution in [-0.2, 0) is 0 Å². The number of likely N-dealkylation sites (tertiary alicyclic amines) is 1. The second-order valence-electron chi connectivity index (χ2n) is 4.13. The van der Waals surface area contributed by atoms with E-state index in [0.29, 0.717) is 17.3 Å². The lowest BCUT2D eigenvalue weighted by Crippen LogP contribution is -2.33. The second kappa shape index (κ2) is 4.43. The van der Waals surface area contributed by atoms with Crippen LogP contribution in [0.1, 0.15) is 30.1 Å². The molecule has 0 aromatic heterocycles. The lowest BCUT2D eigenvalue weighted by atomic mass is 10.1. The van der Waals surface area contributed by atoms with Gasteiger partial charge in [0.05, 0.1) is 0 Å². The Morgan fingerprint density at radius 1 is 1.38 bits per heavy atom. The average molecular weight is 218 g/mol. The van der Waals surface area contributed by atoms with Gasteiger partial charge in [-0.3, -0.25) is 4.79 Å². The summed E-state index contributed by atoms with van der Waals surface area (Å²) in [6, 6.07) is 6.77. The van der Waals surface area contributed by atoms with E-state index in [4.69, 9.17) is 0 Å². The fraction of sp³-hybridized carbons (Fsp3) is 0.417. The minimum Gasteiger partial charge on any atom is -0.336 e. The monoisotopic (exact) mass is 218 g/mol. The van der Waals surface area contributed by atoms with Gasteiger partial charge in [-0.1, -0.05) is 0 Å². The Kier molecular flexibility index (Phi) is 2.99. The number of rotatable bonds is 2. The van der Waals surface area contributed by atoms with Gasteiger partial charge in [0, 0.05) is 18.2 Å². The molecule has 0 aliphatic carbocycles. The van der Waals surface area contributed by atoms with Crippen LogP contribution < -0.4 is 0 Å². The molecule has 84 valence electrons. The van der Waals surface area contributed by atoms with Crippen molar-refractivity contribution in [3.8, 4) is 0 Å². The summed E-state index contributed by atoms with van der Waals surface area (Å²) in [6.45, 7) is 2.89. The molecule has 0 radical (unpaired) electrons. The van der Waals surface area contributed by atoms with Crippen molar-refractivity contribution in [2.75, 3.05) is 6.54 Å². The van der Waals surface area contributed by atoms with E-state index in [1.54, 1.807) is 24.3 Å².